The molecule has 18 heavy (non-hydrogen) atoms. The molecule has 0 rings (SSSR count). The summed E-state index contributed by atoms with van der Waals surface area (Å²) in [5.74, 6) is 1.31. The van der Waals surface area contributed by atoms with Crippen LogP contribution >= 0.6 is 0 Å². The van der Waals surface area contributed by atoms with Gasteiger partial charge in [-0.3, -0.25) is 4.79 Å². The van der Waals surface area contributed by atoms with Crippen molar-refractivity contribution >= 4 is 5.91 Å². The highest BCUT2D eigenvalue weighted by molar-refractivity contribution is 5.77. The molecule has 0 aromatic rings. The van der Waals surface area contributed by atoms with Gasteiger partial charge >= 0.3 is 0 Å². The number of nitrogens with one attached hydrogen (secondary N) is 2. The first-order valence-corrected chi connectivity index (χ1v) is 7.07. The maximum absolute atomic E-state index is 11.4. The van der Waals surface area contributed by atoms with Gasteiger partial charge in [-0.1, -0.05) is 27.7 Å². The van der Waals surface area contributed by atoms with Crippen LogP contribution in [0.5, 0.6) is 0 Å². The second-order valence-corrected chi connectivity index (χ2v) is 5.53. The van der Waals surface area contributed by atoms with Crippen LogP contribution in [-0.2, 0) is 9.53 Å². The van der Waals surface area contributed by atoms with Crippen molar-refractivity contribution in [1.29, 1.82) is 0 Å². The topological polar surface area (TPSA) is 50.4 Å². The van der Waals surface area contributed by atoms with Crippen molar-refractivity contribution in [3.63, 3.8) is 0 Å². The fourth-order valence-electron chi connectivity index (χ4n) is 1.38. The summed E-state index contributed by atoms with van der Waals surface area (Å²) < 4.78 is 5.45. The van der Waals surface area contributed by atoms with Crippen LogP contribution in [0.1, 0.15) is 40.5 Å². The smallest absolute Gasteiger partial charge is 0.233 e. The molecule has 4 heteroatoms. The Balaban J connectivity index is 3.20. The summed E-state index contributed by atoms with van der Waals surface area (Å²) >= 11 is 0. The molecule has 0 atom stereocenters. The minimum absolute atomic E-state index is 0.0822. The van der Waals surface area contributed by atoms with Gasteiger partial charge in [0, 0.05) is 19.8 Å². The largest absolute Gasteiger partial charge is 0.381 e. The van der Waals surface area contributed by atoms with Crippen LogP contribution in [0.25, 0.3) is 0 Å². The molecule has 0 radical (unpaired) electrons. The van der Waals surface area contributed by atoms with Crippen molar-refractivity contribution in [2.24, 2.45) is 11.8 Å². The van der Waals surface area contributed by atoms with Gasteiger partial charge in [0.2, 0.25) is 5.91 Å². The lowest BCUT2D eigenvalue weighted by Gasteiger charge is -2.09. The fourth-order valence-corrected chi connectivity index (χ4v) is 1.38. The molecule has 1 amide bonds. The Labute approximate surface area is 112 Å². The van der Waals surface area contributed by atoms with Gasteiger partial charge in [0.25, 0.3) is 0 Å². The lowest BCUT2D eigenvalue weighted by molar-refractivity contribution is -0.120. The van der Waals surface area contributed by atoms with Gasteiger partial charge in [0.15, 0.2) is 0 Å². The number of rotatable bonds is 11. The van der Waals surface area contributed by atoms with E-state index in [9.17, 15) is 4.79 Å². The normalized spacial score (nSPS) is 11.2. The molecule has 0 aromatic heterocycles. The third-order valence-electron chi connectivity index (χ3n) is 2.42. The Morgan fingerprint density at radius 1 is 1.11 bits per heavy atom. The summed E-state index contributed by atoms with van der Waals surface area (Å²) in [5, 5.41) is 6.02. The lowest BCUT2D eigenvalue weighted by atomic mass is 10.1. The second-order valence-electron chi connectivity index (χ2n) is 5.53. The molecular formula is C14H30N2O2. The molecule has 0 saturated heterocycles. The van der Waals surface area contributed by atoms with Crippen molar-refractivity contribution in [2.45, 2.75) is 40.5 Å². The third-order valence-corrected chi connectivity index (χ3v) is 2.42. The monoisotopic (exact) mass is 258 g/mol. The minimum Gasteiger partial charge on any atom is -0.381 e. The average molecular weight is 258 g/mol. The van der Waals surface area contributed by atoms with Crippen LogP contribution in [0.4, 0.5) is 0 Å². The average Bonchev–Trinajstić information content (AvgIpc) is 2.26. The Morgan fingerprint density at radius 2 is 1.83 bits per heavy atom. The molecule has 2 N–H and O–H groups in total. The van der Waals surface area contributed by atoms with Gasteiger partial charge in [-0.2, -0.15) is 0 Å². The summed E-state index contributed by atoms with van der Waals surface area (Å²) in [4.78, 5) is 11.4. The van der Waals surface area contributed by atoms with Crippen LogP contribution in [0.3, 0.4) is 0 Å². The summed E-state index contributed by atoms with van der Waals surface area (Å²) in [7, 11) is 0. The Bertz CT molecular complexity index is 206. The molecule has 0 aliphatic heterocycles. The highest BCUT2D eigenvalue weighted by atomic mass is 16.5. The number of hydrogen-bond donors (Lipinski definition) is 2. The zero-order valence-electron chi connectivity index (χ0n) is 12.4. The predicted octanol–water partition coefficient (Wildman–Crippen LogP) is 1.80. The van der Waals surface area contributed by atoms with Crippen molar-refractivity contribution in [3.05, 3.63) is 0 Å². The molecule has 0 bridgehead atoms. The highest BCUT2D eigenvalue weighted by Gasteiger charge is 2.00. The summed E-state index contributed by atoms with van der Waals surface area (Å²) in [6.45, 7) is 12.2. The van der Waals surface area contributed by atoms with E-state index < -0.39 is 0 Å². The molecule has 0 aliphatic carbocycles. The number of carbonyl (C=O) groups excluding carboxylic acids is 1. The van der Waals surface area contributed by atoms with E-state index >= 15 is 0 Å². The van der Waals surface area contributed by atoms with Gasteiger partial charge in [0.05, 0.1) is 6.54 Å². The van der Waals surface area contributed by atoms with Crippen molar-refractivity contribution in [2.75, 3.05) is 32.8 Å². The first-order chi connectivity index (χ1) is 8.52. The van der Waals surface area contributed by atoms with Crippen LogP contribution in [0.2, 0.25) is 0 Å². The van der Waals surface area contributed by atoms with Gasteiger partial charge in [-0.15, -0.1) is 0 Å². The van der Waals surface area contributed by atoms with Crippen molar-refractivity contribution in [1.82, 2.24) is 10.6 Å². The molecule has 0 aliphatic rings. The number of ether oxygens (including phenoxy) is 1. The van der Waals surface area contributed by atoms with E-state index in [0.29, 0.717) is 18.4 Å². The maximum Gasteiger partial charge on any atom is 0.233 e. The van der Waals surface area contributed by atoms with Gasteiger partial charge in [-0.05, 0) is 31.2 Å². The molecule has 0 aromatic carbocycles. The fraction of sp³-hybridized carbons (Fsp3) is 0.929. The minimum atomic E-state index is 0.0822. The number of amides is 1. The molecule has 108 valence electrons. The zero-order valence-corrected chi connectivity index (χ0v) is 12.4. The first kappa shape index (κ1) is 17.4. The molecule has 0 spiro atoms. The quantitative estimate of drug-likeness (QED) is 0.556. The second kappa shape index (κ2) is 11.5. The summed E-state index contributed by atoms with van der Waals surface area (Å²) in [5.41, 5.74) is 0. The van der Waals surface area contributed by atoms with Crippen LogP contribution in [-0.4, -0.2) is 38.8 Å². The highest BCUT2D eigenvalue weighted by Crippen LogP contribution is 1.95. The molecular weight excluding hydrogens is 228 g/mol. The van der Waals surface area contributed by atoms with Crippen LogP contribution in [0, 0.1) is 11.8 Å². The number of hydrogen-bond acceptors (Lipinski definition) is 3. The van der Waals surface area contributed by atoms with E-state index in [0.717, 1.165) is 39.1 Å². The van der Waals surface area contributed by atoms with E-state index in [1.165, 1.54) is 0 Å². The number of carbonyl (C=O) groups is 1. The van der Waals surface area contributed by atoms with E-state index in [1.54, 1.807) is 0 Å². The van der Waals surface area contributed by atoms with E-state index in [-0.39, 0.29) is 5.91 Å². The molecule has 4 nitrogen and oxygen atoms in total. The van der Waals surface area contributed by atoms with Crippen LogP contribution < -0.4 is 10.6 Å². The summed E-state index contributed by atoms with van der Waals surface area (Å²) in [6.07, 6.45) is 1.99. The lowest BCUT2D eigenvalue weighted by Crippen LogP contribution is -2.35. The molecule has 0 saturated carbocycles. The molecule has 0 unspecified atom stereocenters. The Hall–Kier alpha value is -0.610. The maximum atomic E-state index is 11.4. The van der Waals surface area contributed by atoms with Crippen molar-refractivity contribution < 1.29 is 9.53 Å². The Morgan fingerprint density at radius 3 is 2.44 bits per heavy atom. The standard InChI is InChI=1S/C14H30N2O2/c1-12(2)6-8-16-14(17)10-15-7-5-9-18-11-13(3)4/h12-13,15H,5-11H2,1-4H3,(H,16,17). The molecule has 0 fully saturated rings. The Kier molecular flexibility index (Phi) is 11.1. The zero-order chi connectivity index (χ0) is 13.8. The van der Waals surface area contributed by atoms with Crippen LogP contribution in [0.15, 0.2) is 0 Å². The first-order valence-electron chi connectivity index (χ1n) is 7.07. The van der Waals surface area contributed by atoms with E-state index in [4.69, 9.17) is 4.74 Å². The van der Waals surface area contributed by atoms with E-state index in [1.807, 2.05) is 0 Å². The molecule has 0 heterocycles. The van der Waals surface area contributed by atoms with Crippen molar-refractivity contribution in [3.8, 4) is 0 Å². The van der Waals surface area contributed by atoms with Gasteiger partial charge in [0.1, 0.15) is 0 Å². The predicted molar refractivity (Wildman–Crippen MR) is 75.6 cm³/mol. The SMILES string of the molecule is CC(C)CCNC(=O)CNCCCOCC(C)C. The third kappa shape index (κ3) is 13.5. The summed E-state index contributed by atoms with van der Waals surface area (Å²) in [6, 6.07) is 0. The van der Waals surface area contributed by atoms with Gasteiger partial charge < -0.3 is 15.4 Å². The van der Waals surface area contributed by atoms with Gasteiger partial charge in [-0.25, -0.2) is 0 Å². The van der Waals surface area contributed by atoms with E-state index in [2.05, 4.69) is 38.3 Å².